The van der Waals surface area contributed by atoms with Gasteiger partial charge in [0.05, 0.1) is 0 Å². The van der Waals surface area contributed by atoms with E-state index < -0.39 is 9.84 Å². The molecule has 0 bridgehead atoms. The van der Waals surface area contributed by atoms with Crippen molar-refractivity contribution in [1.82, 2.24) is 4.90 Å². The van der Waals surface area contributed by atoms with Crippen molar-refractivity contribution in [2.24, 2.45) is 0 Å². The Morgan fingerprint density at radius 2 is 2.15 bits per heavy atom. The van der Waals surface area contributed by atoms with Crippen molar-refractivity contribution >= 4 is 26.9 Å². The summed E-state index contributed by atoms with van der Waals surface area (Å²) in [7, 11) is -1.09. The molecular formula is C15H17NO3S. The number of likely N-dealkylation sites (N-methyl/N-ethyl adjacent to an activating group) is 1. The maximum Gasteiger partial charge on any atom is 0.168 e. The van der Waals surface area contributed by atoms with Crippen LogP contribution in [0.3, 0.4) is 0 Å². The smallest absolute Gasteiger partial charge is 0.168 e. The van der Waals surface area contributed by atoms with Crippen LogP contribution in [0.1, 0.15) is 16.9 Å². The van der Waals surface area contributed by atoms with Gasteiger partial charge < -0.3 is 9.32 Å². The molecule has 0 unspecified atom stereocenters. The van der Waals surface area contributed by atoms with Crippen molar-refractivity contribution in [1.29, 1.82) is 0 Å². The Hall–Kier alpha value is -1.59. The number of nitrogens with zero attached hydrogens (tertiary/aromatic N) is 1. The van der Waals surface area contributed by atoms with E-state index in [-0.39, 0.29) is 0 Å². The largest absolute Gasteiger partial charge is 0.456 e. The summed E-state index contributed by atoms with van der Waals surface area (Å²) < 4.78 is 28.4. The average Bonchev–Trinajstić information content (AvgIpc) is 2.61. The fourth-order valence-electron chi connectivity index (χ4n) is 2.65. The van der Waals surface area contributed by atoms with Crippen LogP contribution in [-0.2, 0) is 22.8 Å². The summed E-state index contributed by atoms with van der Waals surface area (Å²) in [6, 6.07) is 6.04. The minimum Gasteiger partial charge on any atom is -0.456 e. The van der Waals surface area contributed by atoms with E-state index in [4.69, 9.17) is 4.42 Å². The van der Waals surface area contributed by atoms with Crippen LogP contribution in [-0.4, -0.2) is 33.2 Å². The normalized spacial score (nSPS) is 16.9. The fourth-order valence-corrected chi connectivity index (χ4v) is 3.02. The second-order valence-corrected chi connectivity index (χ2v) is 7.29. The molecule has 1 aromatic heterocycles. The Bertz CT molecular complexity index is 787. The summed E-state index contributed by atoms with van der Waals surface area (Å²) in [5, 5.41) is 2.34. The molecule has 3 rings (SSSR count). The summed E-state index contributed by atoms with van der Waals surface area (Å²) in [6.45, 7) is 1.76. The monoisotopic (exact) mass is 291 g/mol. The first kappa shape index (κ1) is 13.4. The number of hydrogen-bond donors (Lipinski definition) is 0. The molecule has 4 nitrogen and oxygen atoms in total. The highest BCUT2D eigenvalue weighted by Crippen LogP contribution is 2.33. The molecule has 0 aliphatic carbocycles. The van der Waals surface area contributed by atoms with E-state index in [0.717, 1.165) is 36.0 Å². The molecule has 1 aliphatic rings. The summed E-state index contributed by atoms with van der Waals surface area (Å²) in [6.07, 6.45) is 3.73. The SMILES string of the molecule is CN1CCc2cccc3oc(C=CS(C)(=O)=O)c(c23)C1. The quantitative estimate of drug-likeness (QED) is 0.852. The third-order valence-corrected chi connectivity index (χ3v) is 4.22. The van der Waals surface area contributed by atoms with Crippen LogP contribution in [0.2, 0.25) is 0 Å². The second-order valence-electron chi connectivity index (χ2n) is 5.36. The van der Waals surface area contributed by atoms with Crippen molar-refractivity contribution < 1.29 is 12.8 Å². The van der Waals surface area contributed by atoms with E-state index in [1.807, 2.05) is 12.1 Å². The maximum absolute atomic E-state index is 11.3. The molecule has 0 saturated carbocycles. The lowest BCUT2D eigenvalue weighted by atomic mass is 10.0. The molecule has 0 radical (unpaired) electrons. The van der Waals surface area contributed by atoms with Gasteiger partial charge in [0.1, 0.15) is 11.3 Å². The first-order valence-corrected chi connectivity index (χ1v) is 8.49. The second kappa shape index (κ2) is 4.75. The summed E-state index contributed by atoms with van der Waals surface area (Å²) >= 11 is 0. The molecule has 0 spiro atoms. The Kier molecular flexibility index (Phi) is 3.18. The Balaban J connectivity index is 2.21. The molecule has 0 saturated heterocycles. The lowest BCUT2D eigenvalue weighted by molar-refractivity contribution is 0.334. The highest BCUT2D eigenvalue weighted by Gasteiger charge is 2.20. The van der Waals surface area contributed by atoms with Gasteiger partial charge in [-0.2, -0.15) is 0 Å². The van der Waals surface area contributed by atoms with Crippen molar-refractivity contribution in [2.45, 2.75) is 13.0 Å². The highest BCUT2D eigenvalue weighted by atomic mass is 32.2. The van der Waals surface area contributed by atoms with Gasteiger partial charge in [0.25, 0.3) is 0 Å². The third kappa shape index (κ3) is 2.51. The zero-order valence-electron chi connectivity index (χ0n) is 11.6. The van der Waals surface area contributed by atoms with E-state index in [1.54, 1.807) is 6.08 Å². The number of benzene rings is 1. The minimum atomic E-state index is -3.15. The topological polar surface area (TPSA) is 50.5 Å². The van der Waals surface area contributed by atoms with Crippen molar-refractivity contribution in [3.63, 3.8) is 0 Å². The third-order valence-electron chi connectivity index (χ3n) is 3.59. The minimum absolute atomic E-state index is 0.645. The Morgan fingerprint density at radius 1 is 1.35 bits per heavy atom. The molecule has 0 atom stereocenters. The van der Waals surface area contributed by atoms with Crippen LogP contribution in [0.15, 0.2) is 28.0 Å². The zero-order chi connectivity index (χ0) is 14.3. The van der Waals surface area contributed by atoms with Gasteiger partial charge in [-0.15, -0.1) is 0 Å². The van der Waals surface area contributed by atoms with Gasteiger partial charge in [0.2, 0.25) is 0 Å². The van der Waals surface area contributed by atoms with Crippen LogP contribution >= 0.6 is 0 Å². The van der Waals surface area contributed by atoms with Crippen LogP contribution in [0.4, 0.5) is 0 Å². The number of hydrogen-bond acceptors (Lipinski definition) is 4. The molecular weight excluding hydrogens is 274 g/mol. The number of rotatable bonds is 2. The standard InChI is InChI=1S/C15H17NO3S/c1-16-8-6-11-4-3-5-14-15(11)12(10-16)13(19-14)7-9-20(2,17)18/h3-5,7,9H,6,8,10H2,1-2H3. The van der Waals surface area contributed by atoms with E-state index in [0.29, 0.717) is 5.76 Å². The summed E-state index contributed by atoms with van der Waals surface area (Å²) in [5.41, 5.74) is 3.18. The van der Waals surface area contributed by atoms with E-state index >= 15 is 0 Å². The van der Waals surface area contributed by atoms with Crippen molar-refractivity contribution in [2.75, 3.05) is 19.8 Å². The lowest BCUT2D eigenvalue weighted by Crippen LogP contribution is -2.18. The van der Waals surface area contributed by atoms with Gasteiger partial charge in [0.15, 0.2) is 9.84 Å². The summed E-state index contributed by atoms with van der Waals surface area (Å²) in [4.78, 5) is 2.22. The van der Waals surface area contributed by atoms with Gasteiger partial charge in [-0.25, -0.2) is 8.42 Å². The molecule has 0 N–H and O–H groups in total. The van der Waals surface area contributed by atoms with E-state index in [1.165, 1.54) is 17.2 Å². The maximum atomic E-state index is 11.3. The predicted octanol–water partition coefficient (Wildman–Crippen LogP) is 2.44. The molecule has 5 heteroatoms. The first-order valence-electron chi connectivity index (χ1n) is 6.54. The molecule has 20 heavy (non-hydrogen) atoms. The van der Waals surface area contributed by atoms with Crippen LogP contribution in [0, 0.1) is 0 Å². The number of sulfone groups is 1. The van der Waals surface area contributed by atoms with Crippen LogP contribution < -0.4 is 0 Å². The Labute approximate surface area is 118 Å². The zero-order valence-corrected chi connectivity index (χ0v) is 12.4. The molecule has 1 aliphatic heterocycles. The van der Waals surface area contributed by atoms with Gasteiger partial charge in [-0.3, -0.25) is 0 Å². The molecule has 2 aromatic rings. The van der Waals surface area contributed by atoms with Crippen molar-refractivity contribution in [3.05, 3.63) is 40.5 Å². The van der Waals surface area contributed by atoms with Crippen molar-refractivity contribution in [3.8, 4) is 0 Å². The Morgan fingerprint density at radius 3 is 2.90 bits per heavy atom. The molecule has 106 valence electrons. The number of furan rings is 1. The van der Waals surface area contributed by atoms with Gasteiger partial charge in [-0.05, 0) is 31.2 Å². The fraction of sp³-hybridized carbons (Fsp3) is 0.333. The summed E-state index contributed by atoms with van der Waals surface area (Å²) in [5.74, 6) is 0.645. The average molecular weight is 291 g/mol. The first-order chi connectivity index (χ1) is 9.44. The predicted molar refractivity (Wildman–Crippen MR) is 80.1 cm³/mol. The van der Waals surface area contributed by atoms with Gasteiger partial charge >= 0.3 is 0 Å². The van der Waals surface area contributed by atoms with Gasteiger partial charge in [0, 0.05) is 35.7 Å². The van der Waals surface area contributed by atoms with E-state index in [9.17, 15) is 8.42 Å². The molecule has 0 fully saturated rings. The van der Waals surface area contributed by atoms with Crippen LogP contribution in [0.25, 0.3) is 17.0 Å². The molecule has 0 amide bonds. The van der Waals surface area contributed by atoms with E-state index in [2.05, 4.69) is 18.0 Å². The lowest BCUT2D eigenvalue weighted by Gasteiger charge is -2.12. The van der Waals surface area contributed by atoms with Gasteiger partial charge in [-0.1, -0.05) is 12.1 Å². The highest BCUT2D eigenvalue weighted by molar-refractivity contribution is 7.93. The molecule has 1 aromatic carbocycles. The molecule has 2 heterocycles. The van der Waals surface area contributed by atoms with Crippen LogP contribution in [0.5, 0.6) is 0 Å².